The second kappa shape index (κ2) is 12.0. The van der Waals surface area contributed by atoms with Crippen LogP contribution in [0, 0.1) is 11.3 Å². The van der Waals surface area contributed by atoms with Gasteiger partial charge in [-0.3, -0.25) is 4.79 Å². The van der Waals surface area contributed by atoms with Crippen molar-refractivity contribution in [2.45, 2.75) is 77.3 Å². The zero-order chi connectivity index (χ0) is 26.4. The zero-order valence-electron chi connectivity index (χ0n) is 21.9. The van der Waals surface area contributed by atoms with Crippen LogP contribution in [0.3, 0.4) is 0 Å². The molecule has 1 aliphatic carbocycles. The van der Waals surface area contributed by atoms with Gasteiger partial charge in [-0.1, -0.05) is 36.4 Å². The standard InChI is InChI=1S/C29H39N3O5/c1-29(2,19-20-7-4-3-5-8-20)28(36)37-32(25(14-16-33)27(34)35)24-17-21(18-24)10-12-23-13-11-22-9-6-15-30-26(22)31-23/h3-5,7-8,11,13,21,24-25,33H,6,9-10,12,14-19H2,1-2H3,(H,30,31)(H,34,35)/t21?,24?,25-/m0/s1. The molecule has 0 saturated heterocycles. The maximum absolute atomic E-state index is 13.2. The summed E-state index contributed by atoms with van der Waals surface area (Å²) >= 11 is 0. The summed E-state index contributed by atoms with van der Waals surface area (Å²) in [5, 5.41) is 24.1. The van der Waals surface area contributed by atoms with Crippen molar-refractivity contribution >= 4 is 17.8 Å². The van der Waals surface area contributed by atoms with Crippen LogP contribution < -0.4 is 5.32 Å². The number of nitrogens with one attached hydrogen (secondary N) is 1. The third-order valence-corrected chi connectivity index (χ3v) is 7.56. The molecule has 1 aromatic heterocycles. The number of aliphatic carboxylic acids is 1. The van der Waals surface area contributed by atoms with Gasteiger partial charge in [-0.25, -0.2) is 9.78 Å². The number of carboxylic acids is 1. The predicted molar refractivity (Wildman–Crippen MR) is 141 cm³/mol. The Morgan fingerprint density at radius 2 is 1.95 bits per heavy atom. The van der Waals surface area contributed by atoms with Gasteiger partial charge in [0, 0.05) is 24.9 Å². The number of aromatic nitrogens is 1. The molecule has 2 heterocycles. The van der Waals surface area contributed by atoms with Gasteiger partial charge in [0.05, 0.1) is 5.41 Å². The number of hydroxylamine groups is 2. The van der Waals surface area contributed by atoms with E-state index in [2.05, 4.69) is 17.4 Å². The van der Waals surface area contributed by atoms with Gasteiger partial charge >= 0.3 is 11.9 Å². The second-order valence-corrected chi connectivity index (χ2v) is 11.0. The largest absolute Gasteiger partial charge is 0.480 e. The van der Waals surface area contributed by atoms with Crippen molar-refractivity contribution in [2.24, 2.45) is 11.3 Å². The van der Waals surface area contributed by atoms with E-state index in [1.165, 1.54) is 10.6 Å². The maximum atomic E-state index is 13.2. The highest BCUT2D eigenvalue weighted by molar-refractivity contribution is 5.77. The summed E-state index contributed by atoms with van der Waals surface area (Å²) in [6.07, 6.45) is 5.96. The van der Waals surface area contributed by atoms with Gasteiger partial charge in [0.2, 0.25) is 0 Å². The fraction of sp³-hybridized carbons (Fsp3) is 0.552. The Labute approximate surface area is 219 Å². The number of anilines is 1. The summed E-state index contributed by atoms with van der Waals surface area (Å²) in [5.41, 5.74) is 2.51. The lowest BCUT2D eigenvalue weighted by atomic mass is 9.76. The third kappa shape index (κ3) is 6.87. The van der Waals surface area contributed by atoms with Gasteiger partial charge in [-0.2, -0.15) is 0 Å². The molecule has 2 aromatic rings. The van der Waals surface area contributed by atoms with Gasteiger partial charge in [0.1, 0.15) is 11.9 Å². The molecular formula is C29H39N3O5. The van der Waals surface area contributed by atoms with Crippen molar-refractivity contribution in [1.82, 2.24) is 10.0 Å². The van der Waals surface area contributed by atoms with Gasteiger partial charge in [0.15, 0.2) is 0 Å². The monoisotopic (exact) mass is 509 g/mol. The Kier molecular flexibility index (Phi) is 8.82. The van der Waals surface area contributed by atoms with Gasteiger partial charge in [-0.05, 0) is 88.3 Å². The number of aliphatic hydroxyl groups excluding tert-OH is 1. The molecule has 1 aromatic carbocycles. The van der Waals surface area contributed by atoms with Gasteiger partial charge in [-0.15, -0.1) is 5.06 Å². The third-order valence-electron chi connectivity index (χ3n) is 7.56. The number of nitrogens with zero attached hydrogens (tertiary/aromatic N) is 2. The van der Waals surface area contributed by atoms with E-state index in [1.807, 2.05) is 44.2 Å². The van der Waals surface area contributed by atoms with E-state index in [9.17, 15) is 19.8 Å². The molecule has 2 aliphatic rings. The van der Waals surface area contributed by atoms with Crippen LogP contribution in [0.1, 0.15) is 62.8 Å². The Bertz CT molecular complexity index is 1070. The second-order valence-electron chi connectivity index (χ2n) is 11.0. The summed E-state index contributed by atoms with van der Waals surface area (Å²) < 4.78 is 0. The minimum atomic E-state index is -1.10. The van der Waals surface area contributed by atoms with Crippen molar-refractivity contribution in [3.63, 3.8) is 0 Å². The fourth-order valence-corrected chi connectivity index (χ4v) is 5.28. The Morgan fingerprint density at radius 1 is 1.19 bits per heavy atom. The summed E-state index contributed by atoms with van der Waals surface area (Å²) in [6.45, 7) is 4.29. The molecule has 0 radical (unpaired) electrons. The molecule has 1 fully saturated rings. The van der Waals surface area contributed by atoms with E-state index < -0.39 is 23.4 Å². The Balaban J connectivity index is 1.37. The summed E-state index contributed by atoms with van der Waals surface area (Å²) in [4.78, 5) is 35.9. The quantitative estimate of drug-likeness (QED) is 0.368. The molecule has 4 rings (SSSR count). The van der Waals surface area contributed by atoms with Gasteiger partial charge in [0.25, 0.3) is 0 Å². The summed E-state index contributed by atoms with van der Waals surface area (Å²) in [7, 11) is 0. The molecule has 1 aliphatic heterocycles. The van der Waals surface area contributed by atoms with E-state index in [1.54, 1.807) is 0 Å². The van der Waals surface area contributed by atoms with E-state index >= 15 is 0 Å². The summed E-state index contributed by atoms with van der Waals surface area (Å²) in [6, 6.07) is 12.7. The molecule has 8 heteroatoms. The fourth-order valence-electron chi connectivity index (χ4n) is 5.28. The molecule has 200 valence electrons. The van der Waals surface area contributed by atoms with E-state index in [-0.39, 0.29) is 19.1 Å². The number of rotatable bonds is 12. The number of aliphatic hydroxyl groups is 1. The number of aryl methyl sites for hydroxylation is 2. The Hall–Kier alpha value is -2.97. The normalized spacial score (nSPS) is 19.9. The van der Waals surface area contributed by atoms with Crippen molar-refractivity contribution in [3.8, 4) is 0 Å². The van der Waals surface area contributed by atoms with E-state index in [0.29, 0.717) is 12.3 Å². The highest BCUT2D eigenvalue weighted by Crippen LogP contribution is 2.38. The SMILES string of the molecule is CC(C)(Cc1ccccc1)C(=O)ON(C1CC(CCc2ccc3c(n2)NCCC3)C1)[C@@H](CCO)C(=O)O. The van der Waals surface area contributed by atoms with Crippen LogP contribution in [0.25, 0.3) is 0 Å². The number of hydrogen-bond acceptors (Lipinski definition) is 7. The van der Waals surface area contributed by atoms with Crippen LogP contribution in [-0.2, 0) is 33.7 Å². The molecule has 0 spiro atoms. The topological polar surface area (TPSA) is 112 Å². The van der Waals surface area contributed by atoms with E-state index in [4.69, 9.17) is 9.82 Å². The van der Waals surface area contributed by atoms with Crippen LogP contribution >= 0.6 is 0 Å². The lowest BCUT2D eigenvalue weighted by Crippen LogP contribution is -2.54. The highest BCUT2D eigenvalue weighted by atomic mass is 16.7. The van der Waals surface area contributed by atoms with E-state index in [0.717, 1.165) is 62.1 Å². The number of carbonyl (C=O) groups excluding carboxylic acids is 1. The molecule has 8 nitrogen and oxygen atoms in total. The first-order chi connectivity index (χ1) is 17.8. The van der Waals surface area contributed by atoms with Crippen molar-refractivity contribution < 1.29 is 24.6 Å². The lowest BCUT2D eigenvalue weighted by Gasteiger charge is -2.44. The number of benzene rings is 1. The van der Waals surface area contributed by atoms with Crippen LogP contribution in [0.4, 0.5) is 5.82 Å². The molecule has 37 heavy (non-hydrogen) atoms. The summed E-state index contributed by atoms with van der Waals surface area (Å²) in [5.74, 6) is -0.163. The number of fused-ring (bicyclic) bond motifs is 1. The van der Waals surface area contributed by atoms with Crippen molar-refractivity contribution in [3.05, 3.63) is 59.3 Å². The first kappa shape index (κ1) is 27.1. The molecule has 0 bridgehead atoms. The van der Waals surface area contributed by atoms with Crippen molar-refractivity contribution in [2.75, 3.05) is 18.5 Å². The number of pyridine rings is 1. The number of hydrogen-bond donors (Lipinski definition) is 3. The molecule has 1 saturated carbocycles. The molecule has 1 atom stereocenters. The minimum absolute atomic E-state index is 0.00502. The Morgan fingerprint density at radius 3 is 2.65 bits per heavy atom. The zero-order valence-corrected chi connectivity index (χ0v) is 21.9. The first-order valence-electron chi connectivity index (χ1n) is 13.4. The molecule has 3 N–H and O–H groups in total. The minimum Gasteiger partial charge on any atom is -0.480 e. The van der Waals surface area contributed by atoms with Crippen LogP contribution in [0.15, 0.2) is 42.5 Å². The molecule has 0 amide bonds. The molecule has 0 unspecified atom stereocenters. The number of carbonyl (C=O) groups is 2. The van der Waals surface area contributed by atoms with Crippen LogP contribution in [0.2, 0.25) is 0 Å². The van der Waals surface area contributed by atoms with Gasteiger partial charge < -0.3 is 20.4 Å². The average Bonchev–Trinajstić information content (AvgIpc) is 2.85. The highest BCUT2D eigenvalue weighted by Gasteiger charge is 2.43. The lowest BCUT2D eigenvalue weighted by molar-refractivity contribution is -0.241. The first-order valence-corrected chi connectivity index (χ1v) is 13.4. The smallest absolute Gasteiger partial charge is 0.330 e. The van der Waals surface area contributed by atoms with Crippen LogP contribution in [-0.4, -0.2) is 57.4 Å². The van der Waals surface area contributed by atoms with Crippen molar-refractivity contribution in [1.29, 1.82) is 0 Å². The average molecular weight is 510 g/mol. The molecular weight excluding hydrogens is 470 g/mol. The number of carboxylic acid groups (broad SMARTS) is 1. The van der Waals surface area contributed by atoms with Crippen LogP contribution in [0.5, 0.6) is 0 Å². The maximum Gasteiger partial charge on any atom is 0.330 e. The predicted octanol–water partition coefficient (Wildman–Crippen LogP) is 4.02.